The Kier molecular flexibility index (Phi) is 5.22. The topological polar surface area (TPSA) is 162 Å². The van der Waals surface area contributed by atoms with Gasteiger partial charge >= 0.3 is 17.8 Å². The molecule has 1 fully saturated rings. The number of hydrogen-bond donors (Lipinski definition) is 5. The molecule has 1 aromatic heterocycles. The van der Waals surface area contributed by atoms with Gasteiger partial charge in [0.15, 0.2) is 5.72 Å². The molecule has 0 unspecified atom stereocenters. The molecular formula is C17H15F3N2O8. The number of aliphatic hydroxyl groups excluding tert-OH is 2. The van der Waals surface area contributed by atoms with Crippen molar-refractivity contribution in [3.8, 4) is 5.75 Å². The number of aromatic nitrogens is 2. The maximum atomic E-state index is 13.3. The molecule has 1 saturated heterocycles. The number of ether oxygens (including phenoxy) is 1. The van der Waals surface area contributed by atoms with Gasteiger partial charge in [-0.2, -0.15) is 13.2 Å². The minimum atomic E-state index is -5.17. The van der Waals surface area contributed by atoms with E-state index in [-0.39, 0.29) is 10.8 Å². The molecule has 2 aromatic rings. The smallest absolute Gasteiger partial charge is 0.423 e. The van der Waals surface area contributed by atoms with Gasteiger partial charge in [-0.1, -0.05) is 12.1 Å². The SMILES string of the molecule is O=C(O)c1c(O)cccc1[C@]1(n2cc(C(F)(F)F)c(=O)[nH]c2=O)C[C@H](O)[C@@H](CO)O1. The highest BCUT2D eigenvalue weighted by Gasteiger charge is 2.52. The number of rotatable bonds is 4. The predicted molar refractivity (Wildman–Crippen MR) is 91.0 cm³/mol. The molecule has 1 aromatic carbocycles. The first kappa shape index (κ1) is 21.5. The number of halogens is 3. The molecule has 2 heterocycles. The van der Waals surface area contributed by atoms with Crippen molar-refractivity contribution < 1.29 is 43.1 Å². The van der Waals surface area contributed by atoms with E-state index in [0.717, 1.165) is 18.2 Å². The summed E-state index contributed by atoms with van der Waals surface area (Å²) in [5.41, 5.74) is -8.55. The van der Waals surface area contributed by atoms with Gasteiger partial charge in [-0.25, -0.2) is 9.59 Å². The number of carbonyl (C=O) groups is 1. The largest absolute Gasteiger partial charge is 0.507 e. The third kappa shape index (κ3) is 3.36. The molecule has 3 atom stereocenters. The number of nitrogens with one attached hydrogen (secondary N) is 1. The summed E-state index contributed by atoms with van der Waals surface area (Å²) < 4.78 is 45.6. The normalized spacial score (nSPS) is 24.2. The molecule has 13 heteroatoms. The number of hydrogen-bond acceptors (Lipinski definition) is 7. The van der Waals surface area contributed by atoms with Crippen LogP contribution in [-0.4, -0.2) is 54.8 Å². The van der Waals surface area contributed by atoms with Crippen molar-refractivity contribution in [2.24, 2.45) is 0 Å². The molecule has 0 saturated carbocycles. The van der Waals surface area contributed by atoms with Crippen LogP contribution in [0.3, 0.4) is 0 Å². The number of alkyl halides is 3. The number of phenols is 1. The zero-order valence-corrected chi connectivity index (χ0v) is 14.9. The Morgan fingerprint density at radius 3 is 2.53 bits per heavy atom. The van der Waals surface area contributed by atoms with Crippen molar-refractivity contribution in [1.82, 2.24) is 9.55 Å². The third-order valence-corrected chi connectivity index (χ3v) is 4.76. The van der Waals surface area contributed by atoms with Crippen LogP contribution in [0.15, 0.2) is 34.0 Å². The second-order valence-corrected chi connectivity index (χ2v) is 6.57. The minimum Gasteiger partial charge on any atom is -0.507 e. The molecule has 0 aliphatic carbocycles. The highest BCUT2D eigenvalue weighted by atomic mass is 19.4. The van der Waals surface area contributed by atoms with Gasteiger partial charge in [0.1, 0.15) is 23.0 Å². The predicted octanol–water partition coefficient (Wildman–Crippen LogP) is -0.198. The summed E-state index contributed by atoms with van der Waals surface area (Å²) in [6, 6.07) is 3.22. The fraction of sp³-hybridized carbons (Fsp3) is 0.353. The number of aromatic hydroxyl groups is 1. The Morgan fingerprint density at radius 1 is 1.33 bits per heavy atom. The van der Waals surface area contributed by atoms with Crippen LogP contribution in [0, 0.1) is 0 Å². The molecule has 0 bridgehead atoms. The molecular weight excluding hydrogens is 417 g/mol. The summed E-state index contributed by atoms with van der Waals surface area (Å²) in [5.74, 6) is -2.47. The highest BCUT2D eigenvalue weighted by Crippen LogP contribution is 2.43. The maximum absolute atomic E-state index is 13.3. The van der Waals surface area contributed by atoms with Gasteiger partial charge in [0.25, 0.3) is 5.56 Å². The molecule has 0 radical (unpaired) electrons. The van der Waals surface area contributed by atoms with Crippen molar-refractivity contribution >= 4 is 5.97 Å². The van der Waals surface area contributed by atoms with E-state index in [2.05, 4.69) is 0 Å². The first-order valence-corrected chi connectivity index (χ1v) is 8.38. The van der Waals surface area contributed by atoms with Crippen molar-refractivity contribution in [1.29, 1.82) is 0 Å². The Labute approximate surface area is 164 Å². The summed E-state index contributed by atoms with van der Waals surface area (Å²) in [6.45, 7) is -0.811. The summed E-state index contributed by atoms with van der Waals surface area (Å²) in [7, 11) is 0. The van der Waals surface area contributed by atoms with Gasteiger partial charge in [0.2, 0.25) is 0 Å². The van der Waals surface area contributed by atoms with Crippen molar-refractivity contribution in [3.05, 3.63) is 61.9 Å². The zero-order valence-electron chi connectivity index (χ0n) is 14.9. The first-order chi connectivity index (χ1) is 13.9. The lowest BCUT2D eigenvalue weighted by Crippen LogP contribution is -2.47. The minimum absolute atomic E-state index is 0.142. The lowest BCUT2D eigenvalue weighted by atomic mass is 9.92. The van der Waals surface area contributed by atoms with E-state index < -0.39 is 76.8 Å². The van der Waals surface area contributed by atoms with Gasteiger partial charge in [0.05, 0.1) is 12.7 Å². The van der Waals surface area contributed by atoms with Gasteiger partial charge < -0.3 is 25.2 Å². The summed E-state index contributed by atoms with van der Waals surface area (Å²) in [4.78, 5) is 37.3. The maximum Gasteiger partial charge on any atom is 0.423 e. The molecule has 162 valence electrons. The number of carboxylic acids is 1. The Morgan fingerprint density at radius 2 is 2.00 bits per heavy atom. The summed E-state index contributed by atoms with van der Waals surface area (Å²) in [6.07, 6.45) is -8.62. The number of aromatic amines is 1. The van der Waals surface area contributed by atoms with Crippen molar-refractivity contribution in [2.45, 2.75) is 30.5 Å². The monoisotopic (exact) mass is 432 g/mol. The Bertz CT molecular complexity index is 1110. The highest BCUT2D eigenvalue weighted by molar-refractivity contribution is 5.93. The molecule has 5 N–H and O–H groups in total. The quantitative estimate of drug-likeness (QED) is 0.444. The molecule has 30 heavy (non-hydrogen) atoms. The van der Waals surface area contributed by atoms with E-state index in [1.807, 2.05) is 0 Å². The van der Waals surface area contributed by atoms with Gasteiger partial charge in [-0.3, -0.25) is 14.3 Å². The fourth-order valence-corrected chi connectivity index (χ4v) is 3.44. The Hall–Kier alpha value is -3.16. The second-order valence-electron chi connectivity index (χ2n) is 6.57. The second kappa shape index (κ2) is 7.27. The number of benzene rings is 1. The number of nitrogens with zero attached hydrogens (tertiary/aromatic N) is 1. The average Bonchev–Trinajstić information content (AvgIpc) is 2.97. The Balaban J connectivity index is 2.42. The van der Waals surface area contributed by atoms with Crippen LogP contribution in [0.5, 0.6) is 5.75 Å². The van der Waals surface area contributed by atoms with E-state index in [1.165, 1.54) is 4.98 Å². The van der Waals surface area contributed by atoms with E-state index >= 15 is 0 Å². The summed E-state index contributed by atoms with van der Waals surface area (Å²) >= 11 is 0. The molecule has 10 nitrogen and oxygen atoms in total. The van der Waals surface area contributed by atoms with Crippen LogP contribution in [0.25, 0.3) is 0 Å². The van der Waals surface area contributed by atoms with E-state index in [1.54, 1.807) is 0 Å². The number of H-pyrrole nitrogens is 1. The average molecular weight is 432 g/mol. The molecule has 0 spiro atoms. The summed E-state index contributed by atoms with van der Waals surface area (Å²) in [5, 5.41) is 39.1. The van der Waals surface area contributed by atoms with E-state index in [4.69, 9.17) is 4.74 Å². The third-order valence-electron chi connectivity index (χ3n) is 4.76. The van der Waals surface area contributed by atoms with Crippen molar-refractivity contribution in [2.75, 3.05) is 6.61 Å². The molecule has 3 rings (SSSR count). The van der Waals surface area contributed by atoms with Crippen LogP contribution in [0.2, 0.25) is 0 Å². The van der Waals surface area contributed by atoms with Gasteiger partial charge in [0, 0.05) is 18.2 Å². The van der Waals surface area contributed by atoms with Crippen LogP contribution in [0.1, 0.15) is 27.9 Å². The molecule has 0 amide bonds. The standard InChI is InChI=1S/C17H15F3N2O8/c18-17(19,20)8-5-22(15(29)21-13(8)26)16(4-10(25)11(6-23)30-16)7-2-1-3-9(24)12(7)14(27)28/h1-3,5,10-11,23-25H,4,6H2,(H,27,28)(H,21,26,29)/t10-,11+,16-/m0/s1. The lowest BCUT2D eigenvalue weighted by Gasteiger charge is -2.33. The molecule has 1 aliphatic heterocycles. The number of aliphatic hydroxyl groups is 2. The van der Waals surface area contributed by atoms with Crippen molar-refractivity contribution in [3.63, 3.8) is 0 Å². The first-order valence-electron chi connectivity index (χ1n) is 8.38. The molecule has 1 aliphatic rings. The van der Waals surface area contributed by atoms with E-state index in [9.17, 15) is 48.0 Å². The van der Waals surface area contributed by atoms with E-state index in [0.29, 0.717) is 0 Å². The van der Waals surface area contributed by atoms with Gasteiger partial charge in [-0.05, 0) is 6.07 Å². The lowest BCUT2D eigenvalue weighted by molar-refractivity contribution is -0.140. The fourth-order valence-electron chi connectivity index (χ4n) is 3.44. The number of aromatic carboxylic acids is 1. The van der Waals surface area contributed by atoms with Crippen LogP contribution >= 0.6 is 0 Å². The van der Waals surface area contributed by atoms with Gasteiger partial charge in [-0.15, -0.1) is 0 Å². The van der Waals surface area contributed by atoms with Crippen LogP contribution in [0.4, 0.5) is 13.2 Å². The number of carboxylic acid groups (broad SMARTS) is 1. The van der Waals surface area contributed by atoms with Crippen LogP contribution in [-0.2, 0) is 16.6 Å². The van der Waals surface area contributed by atoms with Crippen LogP contribution < -0.4 is 11.2 Å². The zero-order chi connectivity index (χ0) is 22.4.